The molecular weight excluding hydrogens is 214 g/mol. The number of halogens is 1. The van der Waals surface area contributed by atoms with Crippen LogP contribution in [-0.2, 0) is 4.79 Å². The van der Waals surface area contributed by atoms with E-state index in [0.29, 0.717) is 22.8 Å². The van der Waals surface area contributed by atoms with Crippen molar-refractivity contribution in [2.75, 3.05) is 11.9 Å². The number of nitriles is 1. The lowest BCUT2D eigenvalue weighted by atomic mass is 10.2. The van der Waals surface area contributed by atoms with Gasteiger partial charge >= 0.3 is 0 Å². The Balaban J connectivity index is 2.69. The van der Waals surface area contributed by atoms with Crippen LogP contribution in [0.15, 0.2) is 18.2 Å². The normalized spacial score (nSPS) is 9.33. The third-order valence-corrected chi connectivity index (χ3v) is 2.02. The molecule has 5 heteroatoms. The van der Waals surface area contributed by atoms with Crippen molar-refractivity contribution in [3.8, 4) is 6.07 Å². The Morgan fingerprint density at radius 3 is 2.93 bits per heavy atom. The minimum Gasteiger partial charge on any atom is -0.383 e. The summed E-state index contributed by atoms with van der Waals surface area (Å²) in [6.45, 7) is 0.408. The number of carbonyl (C=O) groups excluding carboxylic acids is 1. The standard InChI is InChI=1S/C10H10ClN3O/c11-8-1-2-9(7(5-8)6-12)14-4-3-10(13)15/h1-2,5,14H,3-4H2,(H2,13,15). The Bertz CT molecular complexity index is 412. The van der Waals surface area contributed by atoms with Crippen LogP contribution in [0.3, 0.4) is 0 Å². The first-order valence-electron chi connectivity index (χ1n) is 4.35. The number of amides is 1. The highest BCUT2D eigenvalue weighted by molar-refractivity contribution is 6.30. The van der Waals surface area contributed by atoms with E-state index in [1.54, 1.807) is 18.2 Å². The van der Waals surface area contributed by atoms with Gasteiger partial charge in [-0.1, -0.05) is 11.6 Å². The molecular formula is C10H10ClN3O. The van der Waals surface area contributed by atoms with Crippen LogP contribution in [0.2, 0.25) is 5.02 Å². The van der Waals surface area contributed by atoms with Gasteiger partial charge in [0.15, 0.2) is 0 Å². The number of rotatable bonds is 4. The smallest absolute Gasteiger partial charge is 0.219 e. The SMILES string of the molecule is N#Cc1cc(Cl)ccc1NCCC(N)=O. The van der Waals surface area contributed by atoms with Gasteiger partial charge < -0.3 is 11.1 Å². The summed E-state index contributed by atoms with van der Waals surface area (Å²) in [5, 5.41) is 12.3. The highest BCUT2D eigenvalue weighted by atomic mass is 35.5. The van der Waals surface area contributed by atoms with Crippen molar-refractivity contribution in [2.45, 2.75) is 6.42 Å². The molecule has 0 bridgehead atoms. The highest BCUT2D eigenvalue weighted by Crippen LogP contribution is 2.19. The lowest BCUT2D eigenvalue weighted by molar-refractivity contribution is -0.117. The molecule has 3 N–H and O–H groups in total. The van der Waals surface area contributed by atoms with E-state index in [1.165, 1.54) is 0 Å². The molecule has 0 aromatic heterocycles. The first-order valence-corrected chi connectivity index (χ1v) is 4.73. The Kier molecular flexibility index (Phi) is 3.95. The van der Waals surface area contributed by atoms with Gasteiger partial charge in [-0.2, -0.15) is 5.26 Å². The number of nitrogens with one attached hydrogen (secondary N) is 1. The summed E-state index contributed by atoms with van der Waals surface area (Å²) in [5.74, 6) is -0.380. The van der Waals surface area contributed by atoms with Gasteiger partial charge in [0.1, 0.15) is 6.07 Å². The third-order valence-electron chi connectivity index (χ3n) is 1.79. The molecule has 0 unspecified atom stereocenters. The number of hydrogen-bond acceptors (Lipinski definition) is 3. The highest BCUT2D eigenvalue weighted by Gasteiger charge is 2.02. The van der Waals surface area contributed by atoms with Crippen LogP contribution in [0.25, 0.3) is 0 Å². The lowest BCUT2D eigenvalue weighted by Gasteiger charge is -2.06. The van der Waals surface area contributed by atoms with Gasteiger partial charge in [0, 0.05) is 18.0 Å². The molecule has 0 fully saturated rings. The van der Waals surface area contributed by atoms with Gasteiger partial charge in [-0.15, -0.1) is 0 Å². The number of nitrogens with two attached hydrogens (primary N) is 1. The molecule has 78 valence electrons. The van der Waals surface area contributed by atoms with Crippen molar-refractivity contribution in [2.24, 2.45) is 5.73 Å². The van der Waals surface area contributed by atoms with E-state index in [1.807, 2.05) is 6.07 Å². The van der Waals surface area contributed by atoms with E-state index in [9.17, 15) is 4.79 Å². The summed E-state index contributed by atoms with van der Waals surface area (Å²) < 4.78 is 0. The molecule has 0 saturated heterocycles. The van der Waals surface area contributed by atoms with Crippen molar-refractivity contribution in [3.05, 3.63) is 28.8 Å². The number of carbonyl (C=O) groups is 1. The predicted molar refractivity (Wildman–Crippen MR) is 58.5 cm³/mol. The van der Waals surface area contributed by atoms with E-state index >= 15 is 0 Å². The van der Waals surface area contributed by atoms with E-state index in [-0.39, 0.29) is 12.3 Å². The molecule has 15 heavy (non-hydrogen) atoms. The van der Waals surface area contributed by atoms with Gasteiger partial charge in [-0.05, 0) is 18.2 Å². The van der Waals surface area contributed by atoms with Crippen LogP contribution in [0, 0.1) is 11.3 Å². The minimum absolute atomic E-state index is 0.230. The summed E-state index contributed by atoms with van der Waals surface area (Å²) in [6, 6.07) is 6.95. The minimum atomic E-state index is -0.380. The number of anilines is 1. The number of hydrogen-bond donors (Lipinski definition) is 2. The number of primary amides is 1. The fourth-order valence-electron chi connectivity index (χ4n) is 1.08. The van der Waals surface area contributed by atoms with Crippen LogP contribution in [0.5, 0.6) is 0 Å². The summed E-state index contributed by atoms with van der Waals surface area (Å²) >= 11 is 5.73. The molecule has 0 spiro atoms. The van der Waals surface area contributed by atoms with E-state index in [4.69, 9.17) is 22.6 Å². The van der Waals surface area contributed by atoms with Gasteiger partial charge in [0.25, 0.3) is 0 Å². The second-order valence-electron chi connectivity index (χ2n) is 2.94. The molecule has 0 radical (unpaired) electrons. The summed E-state index contributed by atoms with van der Waals surface area (Å²) in [7, 11) is 0. The molecule has 0 aliphatic rings. The summed E-state index contributed by atoms with van der Waals surface area (Å²) in [4.78, 5) is 10.5. The summed E-state index contributed by atoms with van der Waals surface area (Å²) in [5.41, 5.74) is 6.09. The van der Waals surface area contributed by atoms with Gasteiger partial charge in [-0.25, -0.2) is 0 Å². The Morgan fingerprint density at radius 1 is 1.60 bits per heavy atom. The maximum atomic E-state index is 10.5. The lowest BCUT2D eigenvalue weighted by Crippen LogP contribution is -2.16. The molecule has 1 amide bonds. The zero-order valence-corrected chi connectivity index (χ0v) is 8.71. The van der Waals surface area contributed by atoms with Gasteiger partial charge in [-0.3, -0.25) is 4.79 Å². The molecule has 0 saturated carbocycles. The number of benzene rings is 1. The van der Waals surface area contributed by atoms with Crippen LogP contribution >= 0.6 is 11.6 Å². The van der Waals surface area contributed by atoms with E-state index in [0.717, 1.165) is 0 Å². The first-order chi connectivity index (χ1) is 7.13. The van der Waals surface area contributed by atoms with Crippen molar-refractivity contribution >= 4 is 23.2 Å². The average molecular weight is 224 g/mol. The Labute approximate surface area is 92.6 Å². The molecule has 0 atom stereocenters. The molecule has 1 aromatic rings. The Hall–Kier alpha value is -1.73. The van der Waals surface area contributed by atoms with Crippen molar-refractivity contribution in [1.29, 1.82) is 5.26 Å². The van der Waals surface area contributed by atoms with Crippen molar-refractivity contribution in [1.82, 2.24) is 0 Å². The van der Waals surface area contributed by atoms with Crippen molar-refractivity contribution in [3.63, 3.8) is 0 Å². The fourth-order valence-corrected chi connectivity index (χ4v) is 1.26. The van der Waals surface area contributed by atoms with Crippen LogP contribution < -0.4 is 11.1 Å². The van der Waals surface area contributed by atoms with Crippen LogP contribution in [0.4, 0.5) is 5.69 Å². The van der Waals surface area contributed by atoms with Gasteiger partial charge in [0.05, 0.1) is 11.3 Å². The molecule has 0 aliphatic carbocycles. The van der Waals surface area contributed by atoms with E-state index in [2.05, 4.69) is 5.32 Å². The zero-order chi connectivity index (χ0) is 11.3. The quantitative estimate of drug-likeness (QED) is 0.812. The first kappa shape index (κ1) is 11.3. The average Bonchev–Trinajstić information content (AvgIpc) is 2.19. The zero-order valence-electron chi connectivity index (χ0n) is 7.96. The van der Waals surface area contributed by atoms with Crippen LogP contribution in [-0.4, -0.2) is 12.5 Å². The molecule has 1 aromatic carbocycles. The largest absolute Gasteiger partial charge is 0.383 e. The maximum absolute atomic E-state index is 10.5. The third kappa shape index (κ3) is 3.49. The Morgan fingerprint density at radius 2 is 2.33 bits per heavy atom. The fraction of sp³-hybridized carbons (Fsp3) is 0.200. The van der Waals surface area contributed by atoms with E-state index < -0.39 is 0 Å². The predicted octanol–water partition coefficient (Wildman–Crippen LogP) is 1.50. The topological polar surface area (TPSA) is 78.9 Å². The molecule has 1 rings (SSSR count). The molecule has 4 nitrogen and oxygen atoms in total. The monoisotopic (exact) mass is 223 g/mol. The van der Waals surface area contributed by atoms with Crippen molar-refractivity contribution < 1.29 is 4.79 Å². The number of nitrogens with zero attached hydrogens (tertiary/aromatic N) is 1. The second-order valence-corrected chi connectivity index (χ2v) is 3.38. The van der Waals surface area contributed by atoms with Gasteiger partial charge in [0.2, 0.25) is 5.91 Å². The second kappa shape index (κ2) is 5.23. The summed E-state index contributed by atoms with van der Waals surface area (Å²) in [6.07, 6.45) is 0.230. The molecule has 0 heterocycles. The maximum Gasteiger partial charge on any atom is 0.219 e. The van der Waals surface area contributed by atoms with Crippen LogP contribution in [0.1, 0.15) is 12.0 Å². The molecule has 0 aliphatic heterocycles.